The second-order valence-electron chi connectivity index (χ2n) is 3.74. The van der Waals surface area contributed by atoms with Crippen molar-refractivity contribution in [1.82, 2.24) is 10.2 Å². The number of likely N-dealkylation sites (N-methyl/N-ethyl adjacent to an activating group) is 2. The van der Waals surface area contributed by atoms with Gasteiger partial charge in [0.05, 0.1) is 11.4 Å². The maximum absolute atomic E-state index is 12.1. The lowest BCUT2D eigenvalue weighted by molar-refractivity contribution is -0.121. The van der Waals surface area contributed by atoms with Crippen LogP contribution in [0.15, 0.2) is 12.1 Å². The maximum atomic E-state index is 12.1. The van der Waals surface area contributed by atoms with Gasteiger partial charge >= 0.3 is 5.97 Å². The summed E-state index contributed by atoms with van der Waals surface area (Å²) < 4.78 is 0. The van der Waals surface area contributed by atoms with E-state index in [1.165, 1.54) is 17.0 Å². The molecule has 0 radical (unpaired) electrons. The Bertz CT molecular complexity index is 484. The molecule has 0 saturated carbocycles. The molecular weight excluding hydrogens is 268 g/mol. The van der Waals surface area contributed by atoms with Gasteiger partial charge in [-0.25, -0.2) is 4.79 Å². The van der Waals surface area contributed by atoms with Crippen LogP contribution in [0.3, 0.4) is 0 Å². The largest absolute Gasteiger partial charge is 0.477 e. The molecule has 0 bridgehead atoms. The highest BCUT2D eigenvalue weighted by atomic mass is 32.1. The normalized spacial score (nSPS) is 10.0. The van der Waals surface area contributed by atoms with Gasteiger partial charge in [0.2, 0.25) is 5.91 Å². The Morgan fingerprint density at radius 2 is 1.89 bits per heavy atom. The van der Waals surface area contributed by atoms with Crippen molar-refractivity contribution in [1.29, 1.82) is 0 Å². The highest BCUT2D eigenvalue weighted by Crippen LogP contribution is 2.18. The Balaban J connectivity index is 2.77. The third kappa shape index (κ3) is 4.06. The summed E-state index contributed by atoms with van der Waals surface area (Å²) in [7, 11) is 0. The Hall–Kier alpha value is -1.89. The van der Waals surface area contributed by atoms with Gasteiger partial charge in [0.15, 0.2) is 0 Å². The summed E-state index contributed by atoms with van der Waals surface area (Å²) in [4.78, 5) is 36.2. The molecule has 0 aliphatic rings. The Morgan fingerprint density at radius 3 is 2.37 bits per heavy atom. The fourth-order valence-corrected chi connectivity index (χ4v) is 2.29. The van der Waals surface area contributed by atoms with E-state index in [1.54, 1.807) is 13.8 Å². The van der Waals surface area contributed by atoms with Crippen molar-refractivity contribution in [3.05, 3.63) is 21.9 Å². The molecule has 0 spiro atoms. The zero-order valence-corrected chi connectivity index (χ0v) is 11.6. The second kappa shape index (κ2) is 6.89. The first kappa shape index (κ1) is 15.2. The first-order valence-corrected chi connectivity index (χ1v) is 6.70. The number of amides is 2. The molecule has 1 heterocycles. The van der Waals surface area contributed by atoms with E-state index in [2.05, 4.69) is 5.32 Å². The maximum Gasteiger partial charge on any atom is 0.345 e. The van der Waals surface area contributed by atoms with Gasteiger partial charge in [-0.15, -0.1) is 11.3 Å². The summed E-state index contributed by atoms with van der Waals surface area (Å²) >= 11 is 0.911. The van der Waals surface area contributed by atoms with Crippen molar-refractivity contribution in [2.45, 2.75) is 13.8 Å². The van der Waals surface area contributed by atoms with Crippen molar-refractivity contribution >= 4 is 29.1 Å². The van der Waals surface area contributed by atoms with Crippen LogP contribution < -0.4 is 5.32 Å². The number of aromatic carboxylic acids is 1. The molecule has 2 N–H and O–H groups in total. The number of carbonyl (C=O) groups is 3. The molecule has 0 aliphatic carbocycles. The SMILES string of the molecule is CCNC(=O)CN(CC)C(=O)c1ccc(C(=O)O)s1. The summed E-state index contributed by atoms with van der Waals surface area (Å²) in [5.41, 5.74) is 0. The number of thiophene rings is 1. The summed E-state index contributed by atoms with van der Waals surface area (Å²) in [6.45, 7) is 4.43. The quantitative estimate of drug-likeness (QED) is 0.817. The van der Waals surface area contributed by atoms with Crippen molar-refractivity contribution in [2.24, 2.45) is 0 Å². The smallest absolute Gasteiger partial charge is 0.345 e. The van der Waals surface area contributed by atoms with Crippen LogP contribution in [0.4, 0.5) is 0 Å². The van der Waals surface area contributed by atoms with E-state index in [9.17, 15) is 14.4 Å². The van der Waals surface area contributed by atoms with Gasteiger partial charge in [0, 0.05) is 13.1 Å². The van der Waals surface area contributed by atoms with Crippen molar-refractivity contribution in [3.63, 3.8) is 0 Å². The number of carbonyl (C=O) groups excluding carboxylic acids is 2. The van der Waals surface area contributed by atoms with Gasteiger partial charge in [-0.2, -0.15) is 0 Å². The summed E-state index contributed by atoms with van der Waals surface area (Å²) in [6.07, 6.45) is 0. The van der Waals surface area contributed by atoms with E-state index in [0.717, 1.165) is 11.3 Å². The van der Waals surface area contributed by atoms with Crippen LogP contribution >= 0.6 is 11.3 Å². The van der Waals surface area contributed by atoms with Crippen LogP contribution in [0.25, 0.3) is 0 Å². The molecule has 7 heteroatoms. The minimum atomic E-state index is -1.06. The monoisotopic (exact) mass is 284 g/mol. The van der Waals surface area contributed by atoms with Gasteiger partial charge in [-0.05, 0) is 26.0 Å². The molecule has 0 aliphatic heterocycles. The molecule has 0 saturated heterocycles. The van der Waals surface area contributed by atoms with Crippen LogP contribution in [0.5, 0.6) is 0 Å². The lowest BCUT2D eigenvalue weighted by Gasteiger charge is -2.19. The third-order valence-corrected chi connectivity index (χ3v) is 3.47. The number of hydrogen-bond donors (Lipinski definition) is 2. The lowest BCUT2D eigenvalue weighted by atomic mass is 10.3. The predicted molar refractivity (Wildman–Crippen MR) is 71.5 cm³/mol. The van der Waals surface area contributed by atoms with Crippen LogP contribution in [0.2, 0.25) is 0 Å². The number of nitrogens with one attached hydrogen (secondary N) is 1. The summed E-state index contributed by atoms with van der Waals surface area (Å²) in [5, 5.41) is 11.4. The fraction of sp³-hybridized carbons (Fsp3) is 0.417. The highest BCUT2D eigenvalue weighted by molar-refractivity contribution is 7.15. The van der Waals surface area contributed by atoms with Crippen molar-refractivity contribution < 1.29 is 19.5 Å². The summed E-state index contributed by atoms with van der Waals surface area (Å²) in [6, 6.07) is 2.86. The Kier molecular flexibility index (Phi) is 5.50. The number of carboxylic acids is 1. The molecule has 2 amide bonds. The van der Waals surface area contributed by atoms with Crippen LogP contribution in [-0.4, -0.2) is 47.4 Å². The topological polar surface area (TPSA) is 86.7 Å². The van der Waals surface area contributed by atoms with E-state index >= 15 is 0 Å². The van der Waals surface area contributed by atoms with Crippen molar-refractivity contribution in [2.75, 3.05) is 19.6 Å². The second-order valence-corrected chi connectivity index (χ2v) is 4.83. The number of nitrogens with zero attached hydrogens (tertiary/aromatic N) is 1. The van der Waals surface area contributed by atoms with E-state index in [1.807, 2.05) is 0 Å². The molecule has 104 valence electrons. The third-order valence-electron chi connectivity index (χ3n) is 2.40. The minimum absolute atomic E-state index is 0.0243. The minimum Gasteiger partial charge on any atom is -0.477 e. The average molecular weight is 284 g/mol. The number of hydrogen-bond acceptors (Lipinski definition) is 4. The molecule has 1 aromatic heterocycles. The standard InChI is InChI=1S/C12H16N2O4S/c1-3-13-10(15)7-14(4-2)11(16)8-5-6-9(19-8)12(17)18/h5-6H,3-4,7H2,1-2H3,(H,13,15)(H,17,18). The van der Waals surface area contributed by atoms with Gasteiger partial charge < -0.3 is 15.3 Å². The molecule has 0 aromatic carbocycles. The van der Waals surface area contributed by atoms with Gasteiger partial charge in [-0.3, -0.25) is 9.59 Å². The van der Waals surface area contributed by atoms with Crippen LogP contribution in [-0.2, 0) is 4.79 Å². The van der Waals surface area contributed by atoms with E-state index in [4.69, 9.17) is 5.11 Å². The lowest BCUT2D eigenvalue weighted by Crippen LogP contribution is -2.40. The fourth-order valence-electron chi connectivity index (χ4n) is 1.48. The van der Waals surface area contributed by atoms with E-state index in [-0.39, 0.29) is 23.2 Å². The molecule has 0 unspecified atom stereocenters. The predicted octanol–water partition coefficient (Wildman–Crippen LogP) is 1.04. The molecule has 6 nitrogen and oxygen atoms in total. The molecule has 1 rings (SSSR count). The van der Waals surface area contributed by atoms with Gasteiger partial charge in [-0.1, -0.05) is 0 Å². The highest BCUT2D eigenvalue weighted by Gasteiger charge is 2.20. The Morgan fingerprint density at radius 1 is 1.26 bits per heavy atom. The number of rotatable bonds is 6. The molecule has 0 atom stereocenters. The van der Waals surface area contributed by atoms with Crippen LogP contribution in [0.1, 0.15) is 33.2 Å². The van der Waals surface area contributed by atoms with Gasteiger partial charge in [0.25, 0.3) is 5.91 Å². The van der Waals surface area contributed by atoms with Crippen molar-refractivity contribution in [3.8, 4) is 0 Å². The molecule has 0 fully saturated rings. The Labute approximate surface area is 115 Å². The first-order chi connectivity index (χ1) is 8.99. The van der Waals surface area contributed by atoms with E-state index in [0.29, 0.717) is 18.0 Å². The van der Waals surface area contributed by atoms with Crippen LogP contribution in [0, 0.1) is 0 Å². The first-order valence-electron chi connectivity index (χ1n) is 5.88. The number of carboxylic acid groups (broad SMARTS) is 1. The molecule has 19 heavy (non-hydrogen) atoms. The summed E-state index contributed by atoms with van der Waals surface area (Å²) in [5.74, 6) is -1.62. The average Bonchev–Trinajstić information content (AvgIpc) is 2.85. The zero-order chi connectivity index (χ0) is 14.4. The van der Waals surface area contributed by atoms with E-state index < -0.39 is 5.97 Å². The van der Waals surface area contributed by atoms with Gasteiger partial charge in [0.1, 0.15) is 4.88 Å². The zero-order valence-electron chi connectivity index (χ0n) is 10.8. The molecular formula is C12H16N2O4S. The molecule has 1 aromatic rings.